The van der Waals surface area contributed by atoms with Crippen molar-refractivity contribution in [3.8, 4) is 0 Å². The van der Waals surface area contributed by atoms with Gasteiger partial charge < -0.3 is 10.2 Å². The summed E-state index contributed by atoms with van der Waals surface area (Å²) in [7, 11) is 2.11. The molecule has 0 aromatic carbocycles. The van der Waals surface area contributed by atoms with Crippen molar-refractivity contribution in [3.63, 3.8) is 0 Å². The van der Waals surface area contributed by atoms with Gasteiger partial charge in [-0.15, -0.1) is 0 Å². The molecule has 4 heteroatoms. The Morgan fingerprint density at radius 1 is 1.29 bits per heavy atom. The lowest BCUT2D eigenvalue weighted by Gasteiger charge is -2.28. The number of hydrogen-bond acceptors (Lipinski definition) is 4. The van der Waals surface area contributed by atoms with E-state index in [1.807, 2.05) is 13.1 Å². The fourth-order valence-corrected chi connectivity index (χ4v) is 2.04. The van der Waals surface area contributed by atoms with Crippen LogP contribution in [0.3, 0.4) is 0 Å². The average Bonchev–Trinajstić information content (AvgIpc) is 2.33. The molecule has 0 bridgehead atoms. The molecule has 1 heterocycles. The number of hydrogen-bond donors (Lipinski definition) is 1. The summed E-state index contributed by atoms with van der Waals surface area (Å²) < 4.78 is 0. The number of nitrogens with zero attached hydrogens (tertiary/aromatic N) is 3. The maximum absolute atomic E-state index is 4.58. The number of nitrogens with one attached hydrogen (secondary N) is 1. The second-order valence-corrected chi connectivity index (χ2v) is 4.31. The number of anilines is 2. The Bertz CT molecular complexity index is 347. The van der Waals surface area contributed by atoms with Gasteiger partial charge in [-0.25, -0.2) is 4.98 Å². The molecule has 96 valence electrons. The molecular weight excluding hydrogens is 212 g/mol. The van der Waals surface area contributed by atoms with Crippen LogP contribution in [0, 0.1) is 6.92 Å². The molecule has 0 saturated heterocycles. The Hall–Kier alpha value is -1.32. The SMILES string of the molecule is CCNc1ncc(C)c(N(C)C(CC)CC)n1. The Balaban J connectivity index is 2.98. The molecule has 0 saturated carbocycles. The summed E-state index contributed by atoms with van der Waals surface area (Å²) in [5.74, 6) is 1.75. The highest BCUT2D eigenvalue weighted by Crippen LogP contribution is 2.21. The summed E-state index contributed by atoms with van der Waals surface area (Å²) in [6.07, 6.45) is 4.15. The minimum Gasteiger partial charge on any atom is -0.356 e. The largest absolute Gasteiger partial charge is 0.356 e. The van der Waals surface area contributed by atoms with E-state index in [9.17, 15) is 0 Å². The predicted molar refractivity (Wildman–Crippen MR) is 73.7 cm³/mol. The molecular formula is C13H24N4. The van der Waals surface area contributed by atoms with Crippen LogP contribution in [-0.2, 0) is 0 Å². The molecule has 0 atom stereocenters. The minimum absolute atomic E-state index is 0.540. The molecule has 0 amide bonds. The van der Waals surface area contributed by atoms with Crippen molar-refractivity contribution < 1.29 is 0 Å². The zero-order chi connectivity index (χ0) is 12.8. The van der Waals surface area contributed by atoms with Crippen LogP contribution in [0.1, 0.15) is 39.2 Å². The van der Waals surface area contributed by atoms with Crippen molar-refractivity contribution in [2.24, 2.45) is 0 Å². The van der Waals surface area contributed by atoms with Gasteiger partial charge >= 0.3 is 0 Å². The van der Waals surface area contributed by atoms with Gasteiger partial charge in [0, 0.05) is 31.4 Å². The van der Waals surface area contributed by atoms with E-state index in [0.717, 1.165) is 30.8 Å². The third kappa shape index (κ3) is 3.32. The quantitative estimate of drug-likeness (QED) is 0.824. The molecule has 0 radical (unpaired) electrons. The molecule has 0 aliphatic heterocycles. The van der Waals surface area contributed by atoms with Crippen molar-refractivity contribution in [2.75, 3.05) is 23.8 Å². The first-order valence-corrected chi connectivity index (χ1v) is 6.44. The van der Waals surface area contributed by atoms with Gasteiger partial charge in [-0.3, -0.25) is 0 Å². The van der Waals surface area contributed by atoms with Gasteiger partial charge in [0.1, 0.15) is 5.82 Å². The summed E-state index contributed by atoms with van der Waals surface area (Å²) in [5, 5.41) is 3.16. The van der Waals surface area contributed by atoms with Gasteiger partial charge in [0.05, 0.1) is 0 Å². The second-order valence-electron chi connectivity index (χ2n) is 4.31. The van der Waals surface area contributed by atoms with Crippen LogP contribution in [0.4, 0.5) is 11.8 Å². The number of aromatic nitrogens is 2. The maximum atomic E-state index is 4.58. The van der Waals surface area contributed by atoms with E-state index in [4.69, 9.17) is 0 Å². The molecule has 0 aliphatic carbocycles. The molecule has 0 fully saturated rings. The van der Waals surface area contributed by atoms with E-state index < -0.39 is 0 Å². The highest BCUT2D eigenvalue weighted by Gasteiger charge is 2.15. The summed E-state index contributed by atoms with van der Waals surface area (Å²) in [6.45, 7) is 9.38. The number of aryl methyl sites for hydroxylation is 1. The number of rotatable bonds is 6. The lowest BCUT2D eigenvalue weighted by molar-refractivity contribution is 0.585. The first-order chi connectivity index (χ1) is 8.13. The van der Waals surface area contributed by atoms with Crippen LogP contribution >= 0.6 is 0 Å². The highest BCUT2D eigenvalue weighted by atomic mass is 15.2. The van der Waals surface area contributed by atoms with Crippen LogP contribution in [0.15, 0.2) is 6.20 Å². The Morgan fingerprint density at radius 3 is 2.47 bits per heavy atom. The minimum atomic E-state index is 0.540. The van der Waals surface area contributed by atoms with Gasteiger partial charge in [-0.1, -0.05) is 13.8 Å². The molecule has 1 aromatic rings. The van der Waals surface area contributed by atoms with Crippen molar-refractivity contribution in [1.29, 1.82) is 0 Å². The molecule has 1 aromatic heterocycles. The molecule has 0 spiro atoms. The van der Waals surface area contributed by atoms with E-state index in [2.05, 4.69) is 48.0 Å². The highest BCUT2D eigenvalue weighted by molar-refractivity contribution is 5.49. The molecule has 1 N–H and O–H groups in total. The zero-order valence-corrected chi connectivity index (χ0v) is 11.6. The predicted octanol–water partition coefficient (Wildman–Crippen LogP) is 2.84. The van der Waals surface area contributed by atoms with Gasteiger partial charge in [-0.05, 0) is 26.7 Å². The fraction of sp³-hybridized carbons (Fsp3) is 0.692. The third-order valence-corrected chi connectivity index (χ3v) is 3.10. The lowest BCUT2D eigenvalue weighted by Crippen LogP contribution is -2.32. The van der Waals surface area contributed by atoms with Gasteiger partial charge in [0.25, 0.3) is 0 Å². The smallest absolute Gasteiger partial charge is 0.224 e. The van der Waals surface area contributed by atoms with Crippen LogP contribution in [0.25, 0.3) is 0 Å². The Kier molecular flexibility index (Phi) is 5.19. The first-order valence-electron chi connectivity index (χ1n) is 6.44. The van der Waals surface area contributed by atoms with Crippen LogP contribution in [-0.4, -0.2) is 29.6 Å². The van der Waals surface area contributed by atoms with E-state index in [-0.39, 0.29) is 0 Å². The lowest BCUT2D eigenvalue weighted by atomic mass is 10.1. The second kappa shape index (κ2) is 6.42. The van der Waals surface area contributed by atoms with Gasteiger partial charge in [0.15, 0.2) is 0 Å². The Labute approximate surface area is 104 Å². The zero-order valence-electron chi connectivity index (χ0n) is 11.6. The van der Waals surface area contributed by atoms with Gasteiger partial charge in [0.2, 0.25) is 5.95 Å². The Morgan fingerprint density at radius 2 is 1.94 bits per heavy atom. The van der Waals surface area contributed by atoms with E-state index in [1.165, 1.54) is 0 Å². The topological polar surface area (TPSA) is 41.1 Å². The van der Waals surface area contributed by atoms with Crippen LogP contribution in [0.5, 0.6) is 0 Å². The molecule has 0 unspecified atom stereocenters. The van der Waals surface area contributed by atoms with Crippen molar-refractivity contribution in [1.82, 2.24) is 9.97 Å². The normalized spacial score (nSPS) is 10.7. The standard InChI is InChI=1S/C13H24N4/c1-6-11(7-2)17(5)12-10(4)9-15-13(16-12)14-8-3/h9,11H,6-8H2,1-5H3,(H,14,15,16). The molecule has 17 heavy (non-hydrogen) atoms. The average molecular weight is 236 g/mol. The summed E-state index contributed by atoms with van der Waals surface area (Å²) in [4.78, 5) is 11.1. The molecule has 4 nitrogen and oxygen atoms in total. The molecule has 0 aliphatic rings. The van der Waals surface area contributed by atoms with Gasteiger partial charge in [-0.2, -0.15) is 4.98 Å². The molecule has 1 rings (SSSR count). The summed E-state index contributed by atoms with van der Waals surface area (Å²) >= 11 is 0. The van der Waals surface area contributed by atoms with E-state index >= 15 is 0 Å². The van der Waals surface area contributed by atoms with E-state index in [1.54, 1.807) is 0 Å². The third-order valence-electron chi connectivity index (χ3n) is 3.10. The van der Waals surface area contributed by atoms with Crippen LogP contribution in [0.2, 0.25) is 0 Å². The monoisotopic (exact) mass is 236 g/mol. The fourth-order valence-electron chi connectivity index (χ4n) is 2.04. The van der Waals surface area contributed by atoms with E-state index in [0.29, 0.717) is 12.0 Å². The maximum Gasteiger partial charge on any atom is 0.224 e. The first kappa shape index (κ1) is 13.7. The van der Waals surface area contributed by atoms with Crippen molar-refractivity contribution in [2.45, 2.75) is 46.6 Å². The van der Waals surface area contributed by atoms with Crippen LogP contribution < -0.4 is 10.2 Å². The summed E-state index contributed by atoms with van der Waals surface area (Å²) in [5.41, 5.74) is 1.13. The van der Waals surface area contributed by atoms with Crippen molar-refractivity contribution >= 4 is 11.8 Å². The summed E-state index contributed by atoms with van der Waals surface area (Å²) in [6, 6.07) is 0.540. The van der Waals surface area contributed by atoms with Crippen molar-refractivity contribution in [3.05, 3.63) is 11.8 Å².